The van der Waals surface area contributed by atoms with Gasteiger partial charge in [-0.3, -0.25) is 4.79 Å². The van der Waals surface area contributed by atoms with Crippen molar-refractivity contribution in [2.75, 3.05) is 18.4 Å². The highest BCUT2D eigenvalue weighted by Crippen LogP contribution is 2.36. The minimum absolute atomic E-state index is 0.108. The number of halogens is 3. The van der Waals surface area contributed by atoms with Crippen molar-refractivity contribution in [1.29, 1.82) is 0 Å². The number of benzene rings is 1. The van der Waals surface area contributed by atoms with Crippen LogP contribution in [0.2, 0.25) is 0 Å². The maximum absolute atomic E-state index is 13.3. The number of anilines is 1. The molecule has 27 heavy (non-hydrogen) atoms. The maximum atomic E-state index is 13.3. The molecule has 3 N–H and O–H groups in total. The lowest BCUT2D eigenvalue weighted by Crippen LogP contribution is -2.44. The van der Waals surface area contributed by atoms with E-state index in [2.05, 4.69) is 5.32 Å². The van der Waals surface area contributed by atoms with Gasteiger partial charge in [0.25, 0.3) is 0 Å². The first-order valence-corrected chi connectivity index (χ1v) is 8.62. The van der Waals surface area contributed by atoms with E-state index in [0.29, 0.717) is 25.9 Å². The van der Waals surface area contributed by atoms with Crippen LogP contribution in [-0.4, -0.2) is 41.6 Å². The molecule has 0 bridgehead atoms. The fourth-order valence-electron chi connectivity index (χ4n) is 2.81. The van der Waals surface area contributed by atoms with Gasteiger partial charge in [0.2, 0.25) is 5.91 Å². The van der Waals surface area contributed by atoms with Gasteiger partial charge in [-0.1, -0.05) is 0 Å². The number of nitrogens with two attached hydrogens (primary N) is 1. The largest absolute Gasteiger partial charge is 0.444 e. The van der Waals surface area contributed by atoms with Gasteiger partial charge in [-0.15, -0.1) is 0 Å². The number of carbonyl (C=O) groups excluding carboxylic acids is 2. The lowest BCUT2D eigenvalue weighted by atomic mass is 10.0. The third-order valence-corrected chi connectivity index (χ3v) is 4.12. The molecule has 0 atom stereocenters. The van der Waals surface area contributed by atoms with Crippen LogP contribution in [0.25, 0.3) is 0 Å². The highest BCUT2D eigenvalue weighted by Gasteiger charge is 2.35. The first kappa shape index (κ1) is 20.9. The summed E-state index contributed by atoms with van der Waals surface area (Å²) in [6.45, 7) is 6.08. The van der Waals surface area contributed by atoms with Crippen LogP contribution in [0, 0.1) is 0 Å². The Morgan fingerprint density at radius 3 is 2.26 bits per heavy atom. The maximum Gasteiger partial charge on any atom is 0.418 e. The second-order valence-corrected chi connectivity index (χ2v) is 7.51. The number of likely N-dealkylation sites (tertiary alicyclic amines) is 1. The van der Waals surface area contributed by atoms with Gasteiger partial charge < -0.3 is 20.7 Å². The molecular formula is C18H24F3N3O3. The highest BCUT2D eigenvalue weighted by atomic mass is 19.4. The van der Waals surface area contributed by atoms with Crippen LogP contribution < -0.4 is 11.1 Å². The van der Waals surface area contributed by atoms with Gasteiger partial charge in [0, 0.05) is 30.4 Å². The fourth-order valence-corrected chi connectivity index (χ4v) is 2.81. The highest BCUT2D eigenvalue weighted by molar-refractivity contribution is 5.93. The molecule has 9 heteroatoms. The van der Waals surface area contributed by atoms with Gasteiger partial charge in [0.05, 0.1) is 5.56 Å². The lowest BCUT2D eigenvalue weighted by molar-refractivity contribution is -0.137. The van der Waals surface area contributed by atoms with Crippen LogP contribution in [0.3, 0.4) is 0 Å². The van der Waals surface area contributed by atoms with Crippen LogP contribution in [0.15, 0.2) is 18.2 Å². The van der Waals surface area contributed by atoms with E-state index in [1.54, 1.807) is 25.7 Å². The second-order valence-electron chi connectivity index (χ2n) is 7.51. The van der Waals surface area contributed by atoms with E-state index in [-0.39, 0.29) is 17.3 Å². The zero-order valence-corrected chi connectivity index (χ0v) is 15.5. The van der Waals surface area contributed by atoms with Crippen molar-refractivity contribution in [2.45, 2.75) is 51.4 Å². The summed E-state index contributed by atoms with van der Waals surface area (Å²) in [6.07, 6.45) is -4.09. The molecule has 1 heterocycles. The van der Waals surface area contributed by atoms with Gasteiger partial charge in [-0.2, -0.15) is 13.2 Å². The van der Waals surface area contributed by atoms with E-state index in [1.807, 2.05) is 0 Å². The molecule has 0 radical (unpaired) electrons. The van der Waals surface area contributed by atoms with Crippen molar-refractivity contribution in [2.24, 2.45) is 5.73 Å². The summed E-state index contributed by atoms with van der Waals surface area (Å²) >= 11 is 0. The number of amides is 2. The quantitative estimate of drug-likeness (QED) is 0.830. The topological polar surface area (TPSA) is 84.7 Å². The summed E-state index contributed by atoms with van der Waals surface area (Å²) in [4.78, 5) is 24.8. The molecule has 1 fully saturated rings. The molecule has 1 aromatic rings. The number of nitrogens with one attached hydrogen (secondary N) is 1. The van der Waals surface area contributed by atoms with Gasteiger partial charge in [-0.05, 0) is 51.8 Å². The molecule has 150 valence electrons. The van der Waals surface area contributed by atoms with Gasteiger partial charge in [-0.25, -0.2) is 4.79 Å². The Kier molecular flexibility index (Phi) is 5.91. The Balaban J connectivity index is 2.05. The number of carbonyl (C=O) groups is 2. The number of hydrogen-bond donors (Lipinski definition) is 2. The van der Waals surface area contributed by atoms with Crippen molar-refractivity contribution >= 4 is 17.7 Å². The Labute approximate surface area is 155 Å². The second kappa shape index (κ2) is 7.66. The summed E-state index contributed by atoms with van der Waals surface area (Å²) < 4.78 is 45.2. The van der Waals surface area contributed by atoms with E-state index >= 15 is 0 Å². The van der Waals surface area contributed by atoms with Crippen LogP contribution in [0.5, 0.6) is 0 Å². The Morgan fingerprint density at radius 1 is 1.19 bits per heavy atom. The number of rotatable bonds is 3. The zero-order chi connectivity index (χ0) is 20.4. The third kappa shape index (κ3) is 5.77. The van der Waals surface area contributed by atoms with E-state index < -0.39 is 29.3 Å². The molecule has 0 aromatic heterocycles. The first-order valence-electron chi connectivity index (χ1n) is 8.62. The third-order valence-electron chi connectivity index (χ3n) is 4.12. The number of primary amides is 1. The van der Waals surface area contributed by atoms with E-state index in [4.69, 9.17) is 10.5 Å². The van der Waals surface area contributed by atoms with Crippen LogP contribution in [-0.2, 0) is 10.9 Å². The van der Waals surface area contributed by atoms with Crippen LogP contribution >= 0.6 is 0 Å². The molecule has 2 amide bonds. The number of nitrogens with zero attached hydrogens (tertiary/aromatic N) is 1. The SMILES string of the molecule is CC(C)(C)OC(=O)N1CCC(Nc2ccc(C(N)=O)cc2C(F)(F)F)CC1. The van der Waals surface area contributed by atoms with Crippen molar-refractivity contribution in [3.05, 3.63) is 29.3 Å². The standard InChI is InChI=1S/C18H24F3N3O3/c1-17(2,3)27-16(26)24-8-6-12(7-9-24)23-14-5-4-11(15(22)25)10-13(14)18(19,20)21/h4-5,10,12,23H,6-9H2,1-3H3,(H2,22,25). The van der Waals surface area contributed by atoms with Crippen molar-refractivity contribution < 1.29 is 27.5 Å². The lowest BCUT2D eigenvalue weighted by Gasteiger charge is -2.34. The monoisotopic (exact) mass is 387 g/mol. The molecule has 1 aliphatic heterocycles. The van der Waals surface area contributed by atoms with E-state index in [1.165, 1.54) is 12.1 Å². The van der Waals surface area contributed by atoms with Gasteiger partial charge in [0.15, 0.2) is 0 Å². The summed E-state index contributed by atoms with van der Waals surface area (Å²) in [6, 6.07) is 2.99. The smallest absolute Gasteiger partial charge is 0.418 e. The van der Waals surface area contributed by atoms with Gasteiger partial charge in [0.1, 0.15) is 5.60 Å². The van der Waals surface area contributed by atoms with Crippen molar-refractivity contribution in [3.63, 3.8) is 0 Å². The normalized spacial score (nSPS) is 16.1. The number of ether oxygens (including phenoxy) is 1. The molecule has 2 rings (SSSR count). The summed E-state index contributed by atoms with van der Waals surface area (Å²) in [5.41, 5.74) is 3.22. The van der Waals surface area contributed by atoms with Gasteiger partial charge >= 0.3 is 12.3 Å². The number of piperidine rings is 1. The number of hydrogen-bond acceptors (Lipinski definition) is 4. The molecular weight excluding hydrogens is 363 g/mol. The average Bonchev–Trinajstić information content (AvgIpc) is 2.53. The molecule has 0 unspecified atom stereocenters. The van der Waals surface area contributed by atoms with Crippen molar-refractivity contribution in [3.8, 4) is 0 Å². The minimum atomic E-state index is -4.62. The van der Waals surface area contributed by atoms with Crippen LogP contribution in [0.1, 0.15) is 49.5 Å². The molecule has 1 saturated heterocycles. The van der Waals surface area contributed by atoms with Crippen LogP contribution in [0.4, 0.5) is 23.7 Å². The predicted molar refractivity (Wildman–Crippen MR) is 94.4 cm³/mol. The molecule has 0 saturated carbocycles. The molecule has 0 aliphatic carbocycles. The van der Waals surface area contributed by atoms with E-state index in [9.17, 15) is 22.8 Å². The molecule has 1 aliphatic rings. The Morgan fingerprint density at radius 2 is 1.78 bits per heavy atom. The molecule has 1 aromatic carbocycles. The van der Waals surface area contributed by atoms with Crippen molar-refractivity contribution in [1.82, 2.24) is 4.90 Å². The fraction of sp³-hybridized carbons (Fsp3) is 0.556. The predicted octanol–water partition coefficient (Wildman–Crippen LogP) is 3.62. The Hall–Kier alpha value is -2.45. The number of alkyl halides is 3. The summed E-state index contributed by atoms with van der Waals surface area (Å²) in [5, 5.41) is 2.88. The summed E-state index contributed by atoms with van der Waals surface area (Å²) in [5.74, 6) is -0.919. The average molecular weight is 387 g/mol. The van der Waals surface area contributed by atoms with E-state index in [0.717, 1.165) is 6.07 Å². The first-order chi connectivity index (χ1) is 12.4. The zero-order valence-electron chi connectivity index (χ0n) is 15.5. The Bertz CT molecular complexity index is 706. The molecule has 0 spiro atoms. The summed E-state index contributed by atoms with van der Waals surface area (Å²) in [7, 11) is 0. The minimum Gasteiger partial charge on any atom is -0.444 e. The molecule has 6 nitrogen and oxygen atoms in total.